The number of carbonyl (C=O) groups is 11. The Morgan fingerprint density at radius 3 is 1.68 bits per heavy atom. The first kappa shape index (κ1) is 68.5. The number of rotatable bonds is 12. The molecule has 0 unspecified atom stereocenters. The number of likely N-dealkylation sites (N-methyl/N-ethyl adjacent to an activating group) is 5. The predicted molar refractivity (Wildman–Crippen MR) is 301 cm³/mol. The molecule has 0 bridgehead atoms. The van der Waals surface area contributed by atoms with Crippen LogP contribution in [0, 0.1) is 29.6 Å². The predicted octanol–water partition coefficient (Wildman–Crippen LogP) is 2.41. The van der Waals surface area contributed by atoms with Gasteiger partial charge in [0.2, 0.25) is 47.3 Å². The lowest BCUT2D eigenvalue weighted by atomic mass is 9.92. The van der Waals surface area contributed by atoms with Crippen molar-refractivity contribution in [2.45, 2.75) is 176 Å². The van der Waals surface area contributed by atoms with Crippen LogP contribution in [0.1, 0.15) is 120 Å². The largest absolute Gasteiger partial charge is 0.497 e. The van der Waals surface area contributed by atoms with E-state index in [-0.39, 0.29) is 19.4 Å². The number of hydrogen-bond acceptors (Lipinski definition) is 14. The molecule has 3 N–H and O–H groups in total. The lowest BCUT2D eigenvalue weighted by molar-refractivity contribution is -0.165. The van der Waals surface area contributed by atoms with Gasteiger partial charge in [0.1, 0.15) is 54.1 Å². The van der Waals surface area contributed by atoms with E-state index < -0.39 is 162 Å². The quantitative estimate of drug-likeness (QED) is 0.254. The van der Waals surface area contributed by atoms with E-state index in [2.05, 4.69) is 16.0 Å². The number of cyclic esters (lactones) is 1. The molecule has 2 aliphatic rings. The zero-order valence-corrected chi connectivity index (χ0v) is 51.2. The third-order valence-corrected chi connectivity index (χ3v) is 16.0. The average Bonchev–Trinajstić information content (AvgIpc) is 3.45. The monoisotopic (exact) mass is 1140 g/mol. The molecule has 23 heteroatoms. The number of carbonyl (C=O) groups excluding carboxylic acids is 11. The number of esters is 2. The fourth-order valence-corrected chi connectivity index (χ4v) is 10.7. The second-order valence-corrected chi connectivity index (χ2v) is 22.8. The van der Waals surface area contributed by atoms with Crippen LogP contribution in [0.2, 0.25) is 0 Å². The van der Waals surface area contributed by atoms with Crippen molar-refractivity contribution >= 4 is 65.1 Å². The Bertz CT molecular complexity index is 2400. The van der Waals surface area contributed by atoms with Crippen molar-refractivity contribution in [3.05, 3.63) is 29.8 Å². The number of methoxy groups -OCH3 is 2. The molecule has 2 heterocycles. The summed E-state index contributed by atoms with van der Waals surface area (Å²) in [6, 6.07) is -3.48. The molecule has 0 saturated carbocycles. The molecule has 11 atom stereocenters. The van der Waals surface area contributed by atoms with Crippen LogP contribution >= 0.6 is 0 Å². The normalized spacial score (nSPS) is 26.5. The summed E-state index contributed by atoms with van der Waals surface area (Å²) in [7, 11) is 9.53. The van der Waals surface area contributed by atoms with Crippen LogP contribution in [-0.2, 0) is 68.6 Å². The van der Waals surface area contributed by atoms with Crippen molar-refractivity contribution in [3.63, 3.8) is 0 Å². The van der Waals surface area contributed by atoms with Gasteiger partial charge in [0.05, 0.1) is 27.2 Å². The van der Waals surface area contributed by atoms with E-state index in [9.17, 15) is 52.7 Å². The Kier molecular flexibility index (Phi) is 26.1. The molecule has 0 aliphatic carbocycles. The summed E-state index contributed by atoms with van der Waals surface area (Å²) in [5.41, 5.74) is 0.586. The second kappa shape index (κ2) is 30.9. The van der Waals surface area contributed by atoms with Crippen LogP contribution in [0.25, 0.3) is 0 Å². The highest BCUT2D eigenvalue weighted by Crippen LogP contribution is 2.27. The molecule has 3 rings (SSSR count). The number of benzene rings is 1. The van der Waals surface area contributed by atoms with E-state index in [1.54, 1.807) is 79.7 Å². The zero-order valence-electron chi connectivity index (χ0n) is 51.2. The minimum atomic E-state index is -1.56. The van der Waals surface area contributed by atoms with E-state index in [4.69, 9.17) is 14.2 Å². The smallest absolute Gasteiger partial charge is 0.329 e. The lowest BCUT2D eigenvalue weighted by Gasteiger charge is -2.41. The van der Waals surface area contributed by atoms with E-state index in [0.717, 1.165) is 21.8 Å². The van der Waals surface area contributed by atoms with Gasteiger partial charge >= 0.3 is 11.9 Å². The average molecular weight is 1140 g/mol. The Hall–Kier alpha value is -6.81. The maximum atomic E-state index is 15.0. The third-order valence-electron chi connectivity index (χ3n) is 16.0. The van der Waals surface area contributed by atoms with Gasteiger partial charge in [-0.1, -0.05) is 94.2 Å². The van der Waals surface area contributed by atoms with Crippen molar-refractivity contribution in [2.24, 2.45) is 29.6 Å². The highest BCUT2D eigenvalue weighted by molar-refractivity contribution is 5.99. The minimum absolute atomic E-state index is 0.110. The first-order chi connectivity index (χ1) is 37.9. The molecule has 0 aromatic heterocycles. The summed E-state index contributed by atoms with van der Waals surface area (Å²) in [6.45, 7) is 18.2. The number of amides is 9. The highest BCUT2D eigenvalue weighted by atomic mass is 16.5. The lowest BCUT2D eigenvalue weighted by Crippen LogP contribution is -2.63. The number of piperidine rings is 1. The number of ether oxygens (including phenoxy) is 3. The molecular weight excluding hydrogens is 1050 g/mol. The zero-order chi connectivity index (χ0) is 61.5. The standard InChI is InChI=1S/C58H93N9O14/c1-19-35(9)48-50(70)59-31-43(68)63(13)46(33(5)6)51(71)60-40(29-38-24-26-39(79-17)27-25-38)58(78)81-37(11)53(73)67-28-22-21-23-41(67)54(74)64(14)47(34(7)8)52(72)61-45(32(3)4)56(76)62(12)42(30-44(69)80-18)55(75)66(16)49(36(10)20-2)57(77)65(48)15/h24-27,32-37,40-42,45-49H,19-23,28-31H2,1-18H3,(H,59,70)(H,60,71)(H,61,72)/t35-,36-,37+,40-,41-,42-,45-,46-,47-,48-,49-/m0/s1. The van der Waals surface area contributed by atoms with Crippen molar-refractivity contribution in [2.75, 3.05) is 62.5 Å². The summed E-state index contributed by atoms with van der Waals surface area (Å²) >= 11 is 0. The van der Waals surface area contributed by atoms with Gasteiger partial charge in [-0.25, -0.2) is 4.79 Å². The molecule has 2 aliphatic heterocycles. The maximum absolute atomic E-state index is 15.0. The molecule has 1 aromatic carbocycles. The number of fused-ring (bicyclic) bond motifs is 1. The van der Waals surface area contributed by atoms with Crippen LogP contribution in [0.3, 0.4) is 0 Å². The molecule has 81 heavy (non-hydrogen) atoms. The molecule has 2 saturated heterocycles. The summed E-state index contributed by atoms with van der Waals surface area (Å²) in [4.78, 5) is 166. The number of nitrogens with zero attached hydrogens (tertiary/aromatic N) is 6. The summed E-state index contributed by atoms with van der Waals surface area (Å²) in [6.07, 6.45) is -0.161. The van der Waals surface area contributed by atoms with Gasteiger partial charge < -0.3 is 59.6 Å². The maximum Gasteiger partial charge on any atom is 0.329 e. The Balaban J connectivity index is 2.29. The van der Waals surface area contributed by atoms with Gasteiger partial charge in [0.15, 0.2) is 6.10 Å². The summed E-state index contributed by atoms with van der Waals surface area (Å²) in [5, 5.41) is 8.25. The van der Waals surface area contributed by atoms with Crippen LogP contribution in [-0.4, -0.2) is 211 Å². The van der Waals surface area contributed by atoms with Crippen molar-refractivity contribution in [3.8, 4) is 5.75 Å². The van der Waals surface area contributed by atoms with Crippen LogP contribution in [0.15, 0.2) is 24.3 Å². The van der Waals surface area contributed by atoms with Gasteiger partial charge in [0.25, 0.3) is 5.91 Å². The summed E-state index contributed by atoms with van der Waals surface area (Å²) in [5.74, 6) is -10.4. The van der Waals surface area contributed by atoms with E-state index in [1.165, 1.54) is 64.0 Å². The van der Waals surface area contributed by atoms with Crippen molar-refractivity contribution in [1.82, 2.24) is 45.3 Å². The molecule has 9 amide bonds. The van der Waals surface area contributed by atoms with Gasteiger partial charge in [-0.15, -0.1) is 0 Å². The Morgan fingerprint density at radius 1 is 0.617 bits per heavy atom. The van der Waals surface area contributed by atoms with E-state index in [0.29, 0.717) is 37.0 Å². The molecule has 1 aromatic rings. The Labute approximate surface area is 479 Å². The molecule has 454 valence electrons. The minimum Gasteiger partial charge on any atom is -0.497 e. The number of hydrogen-bond donors (Lipinski definition) is 3. The van der Waals surface area contributed by atoms with Crippen LogP contribution < -0.4 is 20.7 Å². The fraction of sp³-hybridized carbons (Fsp3) is 0.707. The number of nitrogens with one attached hydrogen (secondary N) is 3. The first-order valence-electron chi connectivity index (χ1n) is 28.3. The summed E-state index contributed by atoms with van der Waals surface area (Å²) < 4.78 is 16.2. The first-order valence-corrected chi connectivity index (χ1v) is 28.3. The van der Waals surface area contributed by atoms with E-state index in [1.807, 2.05) is 13.8 Å². The fourth-order valence-electron chi connectivity index (χ4n) is 10.7. The van der Waals surface area contributed by atoms with Gasteiger partial charge in [-0.2, -0.15) is 0 Å². The third kappa shape index (κ3) is 17.1. The highest BCUT2D eigenvalue weighted by Gasteiger charge is 2.46. The van der Waals surface area contributed by atoms with Gasteiger partial charge in [-0.3, -0.25) is 47.9 Å². The van der Waals surface area contributed by atoms with Crippen LogP contribution in [0.5, 0.6) is 5.75 Å². The van der Waals surface area contributed by atoms with Crippen molar-refractivity contribution < 1.29 is 67.0 Å². The topological polar surface area (TPSA) is 271 Å². The van der Waals surface area contributed by atoms with Crippen LogP contribution in [0.4, 0.5) is 0 Å². The molecular formula is C58H93N9O14. The second-order valence-electron chi connectivity index (χ2n) is 22.8. The van der Waals surface area contributed by atoms with Gasteiger partial charge in [0, 0.05) is 48.2 Å². The molecule has 0 radical (unpaired) electrons. The van der Waals surface area contributed by atoms with E-state index >= 15 is 0 Å². The van der Waals surface area contributed by atoms with Crippen molar-refractivity contribution in [1.29, 1.82) is 0 Å². The molecule has 23 nitrogen and oxygen atoms in total. The molecule has 2 fully saturated rings. The Morgan fingerprint density at radius 2 is 1.15 bits per heavy atom. The molecule has 0 spiro atoms. The van der Waals surface area contributed by atoms with Gasteiger partial charge in [-0.05, 0) is 73.5 Å². The SMILES string of the molecule is CC[C@H](C)[C@H]1C(=O)NCC(=O)N(C)[C@@H](C(C)C)C(=O)N[C@@H](Cc2ccc(OC)cc2)C(=O)O[C@H](C)C(=O)N2CCCC[C@H]2C(=O)N(C)[C@@H](C(C)C)C(=O)N[C@@H](C(C)C)C(=O)N(C)[C@@H](CC(=O)OC)C(=O)N(C)[C@@H]([C@@H](C)CC)C(=O)N1C.